The Balaban J connectivity index is 1.88. The molecule has 23 heavy (non-hydrogen) atoms. The van der Waals surface area contributed by atoms with Gasteiger partial charge in [0.1, 0.15) is 11.9 Å². The summed E-state index contributed by atoms with van der Waals surface area (Å²) >= 11 is 0. The van der Waals surface area contributed by atoms with Gasteiger partial charge >= 0.3 is 0 Å². The minimum absolute atomic E-state index is 0.149. The zero-order valence-electron chi connectivity index (χ0n) is 14.0. The SMILES string of the molecule is Cc1ccccc1C(NC(=O)C1CCCCC1)c1nccn1C. The quantitative estimate of drug-likeness (QED) is 0.939. The van der Waals surface area contributed by atoms with Crippen molar-refractivity contribution < 1.29 is 4.79 Å². The van der Waals surface area contributed by atoms with Crippen LogP contribution in [0.2, 0.25) is 0 Å². The van der Waals surface area contributed by atoms with E-state index in [9.17, 15) is 4.79 Å². The average Bonchev–Trinajstić information content (AvgIpc) is 3.00. The van der Waals surface area contributed by atoms with E-state index in [1.54, 1.807) is 6.20 Å². The molecule has 1 aliphatic carbocycles. The van der Waals surface area contributed by atoms with Crippen LogP contribution in [-0.4, -0.2) is 15.5 Å². The third kappa shape index (κ3) is 3.46. The van der Waals surface area contributed by atoms with Crippen LogP contribution in [0.25, 0.3) is 0 Å². The largest absolute Gasteiger partial charge is 0.342 e. The number of hydrogen-bond donors (Lipinski definition) is 1. The van der Waals surface area contributed by atoms with E-state index in [0.717, 1.165) is 37.1 Å². The molecule has 1 amide bonds. The first kappa shape index (κ1) is 15.8. The maximum Gasteiger partial charge on any atom is 0.223 e. The lowest BCUT2D eigenvalue weighted by Crippen LogP contribution is -2.36. The zero-order chi connectivity index (χ0) is 16.2. The van der Waals surface area contributed by atoms with Crippen LogP contribution in [0.3, 0.4) is 0 Å². The van der Waals surface area contributed by atoms with Crippen LogP contribution >= 0.6 is 0 Å². The second-order valence-electron chi connectivity index (χ2n) is 6.53. The highest BCUT2D eigenvalue weighted by Crippen LogP contribution is 2.27. The molecule has 0 radical (unpaired) electrons. The van der Waals surface area contributed by atoms with Gasteiger partial charge in [-0.25, -0.2) is 4.98 Å². The summed E-state index contributed by atoms with van der Waals surface area (Å²) in [5.74, 6) is 1.19. The van der Waals surface area contributed by atoms with Crippen molar-refractivity contribution in [3.63, 3.8) is 0 Å². The van der Waals surface area contributed by atoms with E-state index < -0.39 is 0 Å². The first-order chi connectivity index (χ1) is 11.2. The molecule has 0 spiro atoms. The summed E-state index contributed by atoms with van der Waals surface area (Å²) in [6, 6.07) is 8.02. The molecular formula is C19H25N3O. The van der Waals surface area contributed by atoms with E-state index in [4.69, 9.17) is 0 Å². The molecule has 1 saturated carbocycles. The third-order valence-corrected chi connectivity index (χ3v) is 4.88. The van der Waals surface area contributed by atoms with Crippen LogP contribution in [0.4, 0.5) is 0 Å². The van der Waals surface area contributed by atoms with Crippen LogP contribution in [0.1, 0.15) is 55.1 Å². The predicted octanol–water partition coefficient (Wildman–Crippen LogP) is 3.51. The van der Waals surface area contributed by atoms with Gasteiger partial charge in [0.15, 0.2) is 0 Å². The highest BCUT2D eigenvalue weighted by atomic mass is 16.1. The fourth-order valence-corrected chi connectivity index (χ4v) is 3.47. The number of benzene rings is 1. The summed E-state index contributed by atoms with van der Waals surface area (Å²) in [5.41, 5.74) is 2.29. The standard InChI is InChI=1S/C19H25N3O/c1-14-8-6-7-11-16(14)17(18-20-12-13-22(18)2)21-19(23)15-9-4-3-5-10-15/h6-8,11-13,15,17H,3-5,9-10H2,1-2H3,(H,21,23). The summed E-state index contributed by atoms with van der Waals surface area (Å²) in [7, 11) is 1.97. The molecule has 4 nitrogen and oxygen atoms in total. The van der Waals surface area contributed by atoms with E-state index in [1.807, 2.05) is 29.9 Å². The summed E-state index contributed by atoms with van der Waals surface area (Å²) in [6.45, 7) is 2.08. The van der Waals surface area contributed by atoms with Crippen molar-refractivity contribution in [2.45, 2.75) is 45.1 Å². The number of hydrogen-bond acceptors (Lipinski definition) is 2. The van der Waals surface area contributed by atoms with Gasteiger partial charge in [-0.2, -0.15) is 0 Å². The molecule has 1 N–H and O–H groups in total. The molecule has 0 saturated heterocycles. The smallest absolute Gasteiger partial charge is 0.223 e. The number of nitrogens with zero attached hydrogens (tertiary/aromatic N) is 2. The Labute approximate surface area is 137 Å². The Morgan fingerprint density at radius 2 is 2.00 bits per heavy atom. The summed E-state index contributed by atoms with van der Waals surface area (Å²) < 4.78 is 1.98. The topological polar surface area (TPSA) is 46.9 Å². The Morgan fingerprint density at radius 3 is 2.65 bits per heavy atom. The number of rotatable bonds is 4. The molecule has 3 rings (SSSR count). The fraction of sp³-hybridized carbons (Fsp3) is 0.474. The number of aromatic nitrogens is 2. The first-order valence-corrected chi connectivity index (χ1v) is 8.50. The van der Waals surface area contributed by atoms with Crippen molar-refractivity contribution in [3.8, 4) is 0 Å². The third-order valence-electron chi connectivity index (χ3n) is 4.88. The molecule has 1 aliphatic rings. The van der Waals surface area contributed by atoms with Crippen molar-refractivity contribution in [2.24, 2.45) is 13.0 Å². The van der Waals surface area contributed by atoms with Gasteiger partial charge in [-0.05, 0) is 30.9 Å². The van der Waals surface area contributed by atoms with Crippen molar-refractivity contribution in [1.82, 2.24) is 14.9 Å². The van der Waals surface area contributed by atoms with Gasteiger partial charge in [0.2, 0.25) is 5.91 Å². The van der Waals surface area contributed by atoms with Gasteiger partial charge in [-0.15, -0.1) is 0 Å². The molecule has 1 aromatic carbocycles. The van der Waals surface area contributed by atoms with Crippen LogP contribution in [0.15, 0.2) is 36.7 Å². The van der Waals surface area contributed by atoms with E-state index in [-0.39, 0.29) is 17.9 Å². The summed E-state index contributed by atoms with van der Waals surface area (Å²) in [4.78, 5) is 17.2. The van der Waals surface area contributed by atoms with E-state index in [1.165, 1.54) is 12.0 Å². The number of nitrogens with one attached hydrogen (secondary N) is 1. The van der Waals surface area contributed by atoms with Gasteiger partial charge in [0.25, 0.3) is 0 Å². The fourth-order valence-electron chi connectivity index (χ4n) is 3.47. The molecule has 2 aromatic rings. The maximum atomic E-state index is 12.8. The van der Waals surface area contributed by atoms with Gasteiger partial charge in [0.05, 0.1) is 0 Å². The number of aryl methyl sites for hydroxylation is 2. The van der Waals surface area contributed by atoms with Crippen LogP contribution in [0, 0.1) is 12.8 Å². The molecule has 0 aliphatic heterocycles. The lowest BCUT2D eigenvalue weighted by molar-refractivity contribution is -0.126. The zero-order valence-corrected chi connectivity index (χ0v) is 14.0. The molecule has 1 atom stereocenters. The predicted molar refractivity (Wildman–Crippen MR) is 90.9 cm³/mol. The Bertz CT molecular complexity index is 671. The lowest BCUT2D eigenvalue weighted by Gasteiger charge is -2.26. The highest BCUT2D eigenvalue weighted by Gasteiger charge is 2.27. The molecule has 0 bridgehead atoms. The second kappa shape index (κ2) is 6.99. The summed E-state index contributed by atoms with van der Waals surface area (Å²) in [5, 5.41) is 3.26. The van der Waals surface area contributed by atoms with Crippen molar-refractivity contribution in [3.05, 3.63) is 53.6 Å². The van der Waals surface area contributed by atoms with Crippen molar-refractivity contribution in [2.75, 3.05) is 0 Å². The molecule has 4 heteroatoms. The molecule has 1 aromatic heterocycles. The van der Waals surface area contributed by atoms with E-state index in [2.05, 4.69) is 29.4 Å². The summed E-state index contributed by atoms with van der Waals surface area (Å²) in [6.07, 6.45) is 9.30. The van der Waals surface area contributed by atoms with Gasteiger partial charge in [-0.3, -0.25) is 4.79 Å². The minimum Gasteiger partial charge on any atom is -0.342 e. The highest BCUT2D eigenvalue weighted by molar-refractivity contribution is 5.79. The van der Waals surface area contributed by atoms with Crippen molar-refractivity contribution in [1.29, 1.82) is 0 Å². The van der Waals surface area contributed by atoms with Crippen LogP contribution in [-0.2, 0) is 11.8 Å². The molecule has 1 heterocycles. The number of amides is 1. The number of carbonyl (C=O) groups excluding carboxylic acids is 1. The Hall–Kier alpha value is -2.10. The van der Waals surface area contributed by atoms with Gasteiger partial charge in [0, 0.05) is 25.4 Å². The molecular weight excluding hydrogens is 286 g/mol. The van der Waals surface area contributed by atoms with Crippen molar-refractivity contribution >= 4 is 5.91 Å². The van der Waals surface area contributed by atoms with Crippen LogP contribution in [0.5, 0.6) is 0 Å². The van der Waals surface area contributed by atoms with E-state index >= 15 is 0 Å². The Morgan fingerprint density at radius 1 is 1.26 bits per heavy atom. The molecule has 1 fully saturated rings. The lowest BCUT2D eigenvalue weighted by atomic mass is 9.88. The van der Waals surface area contributed by atoms with Crippen LogP contribution < -0.4 is 5.32 Å². The monoisotopic (exact) mass is 311 g/mol. The second-order valence-corrected chi connectivity index (χ2v) is 6.53. The molecule has 1 unspecified atom stereocenters. The average molecular weight is 311 g/mol. The maximum absolute atomic E-state index is 12.8. The number of imidazole rings is 1. The number of carbonyl (C=O) groups is 1. The molecule has 122 valence electrons. The normalized spacial score (nSPS) is 17.0. The van der Waals surface area contributed by atoms with Gasteiger partial charge < -0.3 is 9.88 Å². The minimum atomic E-state index is -0.189. The van der Waals surface area contributed by atoms with E-state index in [0.29, 0.717) is 0 Å². The van der Waals surface area contributed by atoms with Gasteiger partial charge in [-0.1, -0.05) is 43.5 Å². The Kier molecular flexibility index (Phi) is 4.79. The first-order valence-electron chi connectivity index (χ1n) is 8.50.